The molecule has 0 saturated heterocycles. The van der Waals surface area contributed by atoms with E-state index in [0.29, 0.717) is 18.6 Å². The molecular weight excluding hydrogens is 256 g/mol. The summed E-state index contributed by atoms with van der Waals surface area (Å²) in [7, 11) is 0. The van der Waals surface area contributed by atoms with Crippen molar-refractivity contribution in [3.05, 3.63) is 23.8 Å². The number of amides is 1. The zero-order chi connectivity index (χ0) is 14.8. The molecule has 0 fully saturated rings. The largest absolute Gasteiger partial charge is 0.473 e. The van der Waals surface area contributed by atoms with Gasteiger partial charge in [0.1, 0.15) is 11.5 Å². The zero-order valence-corrected chi connectivity index (χ0v) is 12.2. The van der Waals surface area contributed by atoms with Gasteiger partial charge in [-0.1, -0.05) is 19.1 Å². The summed E-state index contributed by atoms with van der Waals surface area (Å²) in [6, 6.07) is 5.74. The highest BCUT2D eigenvalue weighted by Crippen LogP contribution is 2.33. The fourth-order valence-corrected chi connectivity index (χ4v) is 2.24. The lowest BCUT2D eigenvalue weighted by Crippen LogP contribution is -2.48. The Morgan fingerprint density at radius 3 is 2.85 bits per heavy atom. The summed E-state index contributed by atoms with van der Waals surface area (Å²) >= 11 is 0. The molecule has 110 valence electrons. The van der Waals surface area contributed by atoms with Crippen LogP contribution in [0.5, 0.6) is 5.75 Å². The number of fused-ring (bicyclic) bond motifs is 1. The zero-order valence-electron chi connectivity index (χ0n) is 12.2. The van der Waals surface area contributed by atoms with Gasteiger partial charge in [0, 0.05) is 6.42 Å². The van der Waals surface area contributed by atoms with Gasteiger partial charge in [0.2, 0.25) is 5.91 Å². The first-order valence-corrected chi connectivity index (χ1v) is 6.97. The molecule has 2 rings (SSSR count). The normalized spacial score (nSPS) is 16.3. The van der Waals surface area contributed by atoms with Gasteiger partial charge in [-0.2, -0.15) is 0 Å². The third-order valence-electron chi connectivity index (χ3n) is 3.15. The summed E-state index contributed by atoms with van der Waals surface area (Å²) in [6.07, 6.45) is 1.62. The lowest BCUT2D eigenvalue weighted by Gasteiger charge is -2.29. The second-order valence-corrected chi connectivity index (χ2v) is 5.56. The molecule has 1 aliphatic rings. The maximum atomic E-state index is 11.5. The predicted molar refractivity (Wildman–Crippen MR) is 77.5 cm³/mol. The van der Waals surface area contributed by atoms with Gasteiger partial charge in [-0.15, -0.1) is 0 Å². The number of aryl methyl sites for hydroxylation is 1. The Morgan fingerprint density at radius 1 is 1.45 bits per heavy atom. The Labute approximate surface area is 119 Å². The maximum absolute atomic E-state index is 11.5. The number of benzene rings is 1. The summed E-state index contributed by atoms with van der Waals surface area (Å²) in [5.41, 5.74) is 0.818. The van der Waals surface area contributed by atoms with Crippen molar-refractivity contribution in [3.8, 4) is 5.75 Å². The van der Waals surface area contributed by atoms with E-state index in [-0.39, 0.29) is 12.1 Å². The van der Waals surface area contributed by atoms with Crippen molar-refractivity contribution in [2.75, 3.05) is 5.32 Å². The maximum Gasteiger partial charge on any atom is 0.224 e. The highest BCUT2D eigenvalue weighted by Gasteiger charge is 2.22. The molecule has 3 N–H and O–H groups in total. The molecule has 0 aromatic heterocycles. The standard InChI is InChI=1S/C15H22N2O3/c1-4-13(17-15(2,3)19)20-11-7-5-6-10-8-9-12(18)16-14(10)11/h5-7,13,17,19H,4,8-9H2,1-3H3,(H,16,18). The minimum Gasteiger partial charge on any atom is -0.473 e. The van der Waals surface area contributed by atoms with Crippen LogP contribution in [-0.2, 0) is 11.2 Å². The van der Waals surface area contributed by atoms with E-state index in [2.05, 4.69) is 10.6 Å². The molecule has 0 spiro atoms. The van der Waals surface area contributed by atoms with Crippen LogP contribution in [0.15, 0.2) is 18.2 Å². The molecule has 1 aliphatic heterocycles. The average Bonchev–Trinajstić information content (AvgIpc) is 2.37. The van der Waals surface area contributed by atoms with E-state index in [1.165, 1.54) is 0 Å². The smallest absolute Gasteiger partial charge is 0.224 e. The molecule has 0 bridgehead atoms. The molecule has 5 heteroatoms. The van der Waals surface area contributed by atoms with Crippen molar-refractivity contribution >= 4 is 11.6 Å². The number of carbonyl (C=O) groups is 1. The first-order valence-electron chi connectivity index (χ1n) is 6.97. The Hall–Kier alpha value is -1.59. The second kappa shape index (κ2) is 5.81. The first kappa shape index (κ1) is 14.8. The molecule has 1 aromatic rings. The highest BCUT2D eigenvalue weighted by molar-refractivity contribution is 5.95. The molecule has 1 aromatic carbocycles. The van der Waals surface area contributed by atoms with E-state index >= 15 is 0 Å². The van der Waals surface area contributed by atoms with Gasteiger partial charge in [0.15, 0.2) is 6.23 Å². The number of hydrogen-bond acceptors (Lipinski definition) is 4. The average molecular weight is 278 g/mol. The van der Waals surface area contributed by atoms with Crippen molar-refractivity contribution in [2.24, 2.45) is 0 Å². The molecule has 0 radical (unpaired) electrons. The summed E-state index contributed by atoms with van der Waals surface area (Å²) in [5.74, 6) is 0.649. The Morgan fingerprint density at radius 2 is 2.20 bits per heavy atom. The predicted octanol–water partition coefficient (Wildman–Crippen LogP) is 2.00. The highest BCUT2D eigenvalue weighted by atomic mass is 16.5. The van der Waals surface area contributed by atoms with Gasteiger partial charge in [0.05, 0.1) is 5.69 Å². The molecule has 1 heterocycles. The lowest BCUT2D eigenvalue weighted by atomic mass is 10.0. The van der Waals surface area contributed by atoms with Gasteiger partial charge >= 0.3 is 0 Å². The monoisotopic (exact) mass is 278 g/mol. The van der Waals surface area contributed by atoms with Crippen LogP contribution in [0.3, 0.4) is 0 Å². The van der Waals surface area contributed by atoms with Crippen LogP contribution < -0.4 is 15.4 Å². The molecule has 20 heavy (non-hydrogen) atoms. The first-order chi connectivity index (χ1) is 9.39. The van der Waals surface area contributed by atoms with Gasteiger partial charge < -0.3 is 15.2 Å². The van der Waals surface area contributed by atoms with E-state index in [0.717, 1.165) is 17.7 Å². The summed E-state index contributed by atoms with van der Waals surface area (Å²) in [6.45, 7) is 5.31. The van der Waals surface area contributed by atoms with Crippen molar-refractivity contribution < 1.29 is 14.6 Å². The number of para-hydroxylation sites is 1. The Bertz CT molecular complexity index is 494. The van der Waals surface area contributed by atoms with E-state index < -0.39 is 5.72 Å². The van der Waals surface area contributed by atoms with Crippen molar-refractivity contribution in [1.82, 2.24) is 5.32 Å². The summed E-state index contributed by atoms with van der Waals surface area (Å²) < 4.78 is 5.90. The van der Waals surface area contributed by atoms with Crippen molar-refractivity contribution in [2.45, 2.75) is 52.0 Å². The van der Waals surface area contributed by atoms with E-state index in [4.69, 9.17) is 4.74 Å². The van der Waals surface area contributed by atoms with Gasteiger partial charge in [-0.05, 0) is 38.3 Å². The molecular formula is C15H22N2O3. The van der Waals surface area contributed by atoms with Crippen LogP contribution in [0.1, 0.15) is 39.2 Å². The van der Waals surface area contributed by atoms with Crippen molar-refractivity contribution in [1.29, 1.82) is 0 Å². The van der Waals surface area contributed by atoms with E-state index in [1.807, 2.05) is 25.1 Å². The summed E-state index contributed by atoms with van der Waals surface area (Å²) in [5, 5.41) is 15.7. The number of rotatable bonds is 5. The second-order valence-electron chi connectivity index (χ2n) is 5.56. The number of ether oxygens (including phenoxy) is 1. The molecule has 1 unspecified atom stereocenters. The van der Waals surface area contributed by atoms with Gasteiger partial charge in [-0.3, -0.25) is 10.1 Å². The number of anilines is 1. The van der Waals surface area contributed by atoms with Crippen LogP contribution in [0, 0.1) is 0 Å². The van der Waals surface area contributed by atoms with Crippen LogP contribution in [0.25, 0.3) is 0 Å². The number of carbonyl (C=O) groups excluding carboxylic acids is 1. The van der Waals surface area contributed by atoms with Gasteiger partial charge in [-0.25, -0.2) is 0 Å². The van der Waals surface area contributed by atoms with Crippen LogP contribution in [-0.4, -0.2) is 23.0 Å². The minimum atomic E-state index is -1.02. The number of nitrogens with one attached hydrogen (secondary N) is 2. The third kappa shape index (κ3) is 3.71. The fourth-order valence-electron chi connectivity index (χ4n) is 2.24. The van der Waals surface area contributed by atoms with Crippen molar-refractivity contribution in [3.63, 3.8) is 0 Å². The van der Waals surface area contributed by atoms with Gasteiger partial charge in [0.25, 0.3) is 0 Å². The fraction of sp³-hybridized carbons (Fsp3) is 0.533. The van der Waals surface area contributed by atoms with Crippen LogP contribution >= 0.6 is 0 Å². The molecule has 0 saturated carbocycles. The van der Waals surface area contributed by atoms with E-state index in [9.17, 15) is 9.90 Å². The lowest BCUT2D eigenvalue weighted by molar-refractivity contribution is -0.116. The Kier molecular flexibility index (Phi) is 4.30. The quantitative estimate of drug-likeness (QED) is 0.721. The van der Waals surface area contributed by atoms with Crippen LogP contribution in [0.2, 0.25) is 0 Å². The molecule has 5 nitrogen and oxygen atoms in total. The topological polar surface area (TPSA) is 70.6 Å². The minimum absolute atomic E-state index is 0.0112. The number of hydrogen-bond donors (Lipinski definition) is 3. The molecule has 0 aliphatic carbocycles. The van der Waals surface area contributed by atoms with Crippen LogP contribution in [0.4, 0.5) is 5.69 Å². The van der Waals surface area contributed by atoms with E-state index in [1.54, 1.807) is 13.8 Å². The third-order valence-corrected chi connectivity index (χ3v) is 3.15. The summed E-state index contributed by atoms with van der Waals surface area (Å²) in [4.78, 5) is 11.5. The molecule has 1 atom stereocenters. The Balaban J connectivity index is 2.18. The number of aliphatic hydroxyl groups is 1. The SMILES string of the molecule is CCC(NC(C)(C)O)Oc1cccc2c1NC(=O)CC2. The molecule has 1 amide bonds.